The number of nitrogens with two attached hydrogens (primary N) is 2. The number of anilines is 4. The molecule has 0 unspecified atom stereocenters. The van der Waals surface area contributed by atoms with Gasteiger partial charge in [0.05, 0.1) is 20.1 Å². The van der Waals surface area contributed by atoms with E-state index < -0.39 is 0 Å². The number of hydrogen-bond acceptors (Lipinski definition) is 8. The second kappa shape index (κ2) is 11.0. The molecule has 0 atom stereocenters. The van der Waals surface area contributed by atoms with Crippen molar-refractivity contribution in [2.24, 2.45) is 0 Å². The summed E-state index contributed by atoms with van der Waals surface area (Å²) in [6.07, 6.45) is 3.24. The van der Waals surface area contributed by atoms with Gasteiger partial charge < -0.3 is 21.3 Å². The van der Waals surface area contributed by atoms with Crippen LogP contribution >= 0.6 is 69.6 Å². The molecule has 38 heavy (non-hydrogen) atoms. The minimum atomic E-state index is 0.268. The maximum atomic E-state index is 6.35. The van der Waals surface area contributed by atoms with Crippen LogP contribution in [0, 0.1) is 0 Å². The quantitative estimate of drug-likeness (QED) is 0.232. The number of nitrogens with zero attached hydrogens (tertiary/aromatic N) is 6. The minimum Gasteiger partial charge on any atom is -0.383 e. The number of hydrogen-bond donors (Lipinski definition) is 2. The third-order valence-corrected chi connectivity index (χ3v) is 8.06. The van der Waals surface area contributed by atoms with Crippen molar-refractivity contribution in [1.82, 2.24) is 19.9 Å². The molecule has 8 nitrogen and oxygen atoms in total. The third-order valence-electron chi connectivity index (χ3n) is 6.02. The standard InChI is InChI=1S/C24H18Cl6N8/c25-11-5-13(19(29)17(27)7-11)15-9-33-23(35-21(15)31)37-1-2-38(4-3-37)24-34-10-16(22(32)36-24)14-6-12(26)8-18(28)20(14)30/h5-10H,1-4H2,(H2,31,33,35)(H2,32,34,36). The molecule has 2 aromatic heterocycles. The van der Waals surface area contributed by atoms with Crippen LogP contribution in [-0.2, 0) is 0 Å². The monoisotopic (exact) mass is 628 g/mol. The van der Waals surface area contributed by atoms with Crippen LogP contribution in [0.3, 0.4) is 0 Å². The highest BCUT2D eigenvalue weighted by Gasteiger charge is 2.23. The molecule has 0 aliphatic carbocycles. The van der Waals surface area contributed by atoms with E-state index in [-0.39, 0.29) is 11.6 Å². The summed E-state index contributed by atoms with van der Waals surface area (Å²) in [5, 5.41) is 2.18. The molecule has 1 aliphatic rings. The molecule has 0 bridgehead atoms. The van der Waals surface area contributed by atoms with Crippen molar-refractivity contribution in [2.75, 3.05) is 47.4 Å². The molecule has 0 spiro atoms. The summed E-state index contributed by atoms with van der Waals surface area (Å²) in [6, 6.07) is 6.48. The van der Waals surface area contributed by atoms with Gasteiger partial charge in [-0.05, 0) is 24.3 Å². The van der Waals surface area contributed by atoms with Crippen molar-refractivity contribution < 1.29 is 0 Å². The number of aromatic nitrogens is 4. The van der Waals surface area contributed by atoms with Crippen molar-refractivity contribution in [2.45, 2.75) is 0 Å². The highest BCUT2D eigenvalue weighted by atomic mass is 35.5. The molecule has 1 saturated heterocycles. The first-order chi connectivity index (χ1) is 18.1. The number of halogens is 6. The lowest BCUT2D eigenvalue weighted by atomic mass is 10.1. The van der Waals surface area contributed by atoms with E-state index in [1.807, 2.05) is 9.80 Å². The number of nitrogen functional groups attached to an aromatic ring is 2. The molecule has 0 amide bonds. The predicted octanol–water partition coefficient (Wildman–Crippen LogP) is 7.01. The Labute approximate surface area is 248 Å². The summed E-state index contributed by atoms with van der Waals surface area (Å²) >= 11 is 37.3. The normalized spacial score (nSPS) is 13.7. The van der Waals surface area contributed by atoms with Crippen LogP contribution in [0.15, 0.2) is 36.7 Å². The summed E-state index contributed by atoms with van der Waals surface area (Å²) in [6.45, 7) is 2.46. The molecule has 2 aromatic carbocycles. The van der Waals surface area contributed by atoms with Crippen molar-refractivity contribution in [3.63, 3.8) is 0 Å². The Hall–Kier alpha value is -2.46. The molecule has 196 valence electrons. The highest BCUT2D eigenvalue weighted by Crippen LogP contribution is 2.39. The lowest BCUT2D eigenvalue weighted by Gasteiger charge is -2.35. The van der Waals surface area contributed by atoms with Gasteiger partial charge in [0.2, 0.25) is 11.9 Å². The lowest BCUT2D eigenvalue weighted by Crippen LogP contribution is -2.47. The van der Waals surface area contributed by atoms with Crippen LogP contribution in [0.2, 0.25) is 30.1 Å². The summed E-state index contributed by atoms with van der Waals surface area (Å²) in [7, 11) is 0. The van der Waals surface area contributed by atoms with E-state index in [4.69, 9.17) is 81.1 Å². The smallest absolute Gasteiger partial charge is 0.227 e. The van der Waals surface area contributed by atoms with Crippen LogP contribution in [-0.4, -0.2) is 46.1 Å². The highest BCUT2D eigenvalue weighted by molar-refractivity contribution is 6.45. The molecule has 4 aromatic rings. The average Bonchev–Trinajstić information content (AvgIpc) is 2.88. The number of piperazine rings is 1. The van der Waals surface area contributed by atoms with E-state index in [1.165, 1.54) is 0 Å². The molecule has 3 heterocycles. The molecule has 1 fully saturated rings. The average molecular weight is 631 g/mol. The minimum absolute atomic E-state index is 0.268. The second-order valence-corrected chi connectivity index (χ2v) is 10.9. The Morgan fingerprint density at radius 3 is 1.26 bits per heavy atom. The zero-order valence-electron chi connectivity index (χ0n) is 19.4. The van der Waals surface area contributed by atoms with Gasteiger partial charge in [0.25, 0.3) is 0 Å². The van der Waals surface area contributed by atoms with E-state index in [0.29, 0.717) is 90.5 Å². The van der Waals surface area contributed by atoms with Crippen LogP contribution in [0.25, 0.3) is 22.3 Å². The summed E-state index contributed by atoms with van der Waals surface area (Å²) in [4.78, 5) is 22.1. The maximum absolute atomic E-state index is 6.35. The van der Waals surface area contributed by atoms with Gasteiger partial charge in [-0.25, -0.2) is 9.97 Å². The molecule has 0 saturated carbocycles. The summed E-state index contributed by atoms with van der Waals surface area (Å²) < 4.78 is 0. The number of benzene rings is 2. The van der Waals surface area contributed by atoms with Crippen molar-refractivity contribution in [3.8, 4) is 22.3 Å². The zero-order chi connectivity index (χ0) is 27.1. The molecule has 14 heteroatoms. The Morgan fingerprint density at radius 2 is 0.921 bits per heavy atom. The second-order valence-electron chi connectivity index (χ2n) is 8.41. The van der Waals surface area contributed by atoms with Crippen molar-refractivity contribution >= 4 is 93.1 Å². The Kier molecular flexibility index (Phi) is 7.82. The van der Waals surface area contributed by atoms with Gasteiger partial charge in [-0.15, -0.1) is 0 Å². The van der Waals surface area contributed by atoms with Gasteiger partial charge >= 0.3 is 0 Å². The Bertz CT molecular complexity index is 1430. The van der Waals surface area contributed by atoms with Gasteiger partial charge in [0.1, 0.15) is 11.6 Å². The van der Waals surface area contributed by atoms with E-state index in [2.05, 4.69) is 19.9 Å². The van der Waals surface area contributed by atoms with E-state index in [0.717, 1.165) is 0 Å². The zero-order valence-corrected chi connectivity index (χ0v) is 23.9. The predicted molar refractivity (Wildman–Crippen MR) is 158 cm³/mol. The van der Waals surface area contributed by atoms with Gasteiger partial charge in [0, 0.05) is 70.9 Å². The Balaban J connectivity index is 1.31. The Morgan fingerprint density at radius 1 is 0.553 bits per heavy atom. The fraction of sp³-hybridized carbons (Fsp3) is 0.167. The first-order valence-electron chi connectivity index (χ1n) is 11.2. The molecule has 5 rings (SSSR count). The third kappa shape index (κ3) is 5.34. The van der Waals surface area contributed by atoms with E-state index in [1.54, 1.807) is 36.7 Å². The molecule has 1 aliphatic heterocycles. The van der Waals surface area contributed by atoms with Crippen molar-refractivity contribution in [1.29, 1.82) is 0 Å². The van der Waals surface area contributed by atoms with E-state index in [9.17, 15) is 0 Å². The summed E-state index contributed by atoms with van der Waals surface area (Å²) in [5.41, 5.74) is 14.8. The fourth-order valence-electron chi connectivity index (χ4n) is 4.10. The largest absolute Gasteiger partial charge is 0.383 e. The van der Waals surface area contributed by atoms with E-state index >= 15 is 0 Å². The maximum Gasteiger partial charge on any atom is 0.227 e. The fourth-order valence-corrected chi connectivity index (χ4v) is 5.51. The van der Waals surface area contributed by atoms with Crippen LogP contribution in [0.5, 0.6) is 0 Å². The topological polar surface area (TPSA) is 110 Å². The van der Waals surface area contributed by atoms with Gasteiger partial charge in [-0.3, -0.25) is 0 Å². The van der Waals surface area contributed by atoms with Crippen LogP contribution < -0.4 is 21.3 Å². The first-order valence-corrected chi connectivity index (χ1v) is 13.4. The van der Waals surface area contributed by atoms with Gasteiger partial charge in [0.15, 0.2) is 0 Å². The summed E-state index contributed by atoms with van der Waals surface area (Å²) in [5.74, 6) is 1.53. The first kappa shape index (κ1) is 27.1. The van der Waals surface area contributed by atoms with Gasteiger partial charge in [-0.1, -0.05) is 69.6 Å². The van der Waals surface area contributed by atoms with Crippen LogP contribution in [0.1, 0.15) is 0 Å². The molecule has 0 radical (unpaired) electrons. The van der Waals surface area contributed by atoms with Crippen LogP contribution in [0.4, 0.5) is 23.5 Å². The number of rotatable bonds is 4. The lowest BCUT2D eigenvalue weighted by molar-refractivity contribution is 0.629. The SMILES string of the molecule is Nc1nc(N2CCN(c3ncc(-c4cc(Cl)cc(Cl)c4Cl)c(N)n3)CC2)ncc1-c1cc(Cl)cc(Cl)c1Cl. The van der Waals surface area contributed by atoms with Crippen molar-refractivity contribution in [3.05, 3.63) is 66.8 Å². The molecular formula is C24H18Cl6N8. The van der Waals surface area contributed by atoms with Gasteiger partial charge in [-0.2, -0.15) is 9.97 Å². The molecular weight excluding hydrogens is 613 g/mol. The molecule has 4 N–H and O–H groups in total.